The summed E-state index contributed by atoms with van der Waals surface area (Å²) in [6, 6.07) is 5.35. The van der Waals surface area contributed by atoms with Crippen LogP contribution in [0.3, 0.4) is 0 Å². The summed E-state index contributed by atoms with van der Waals surface area (Å²) in [5, 5.41) is 3.46. The molecule has 1 nitrogen and oxygen atoms in total. The zero-order chi connectivity index (χ0) is 12.5. The number of aryl methyl sites for hydroxylation is 1. The minimum atomic E-state index is -0.0824. The van der Waals surface area contributed by atoms with E-state index in [9.17, 15) is 4.39 Å². The normalized spacial score (nSPS) is 30.0. The summed E-state index contributed by atoms with van der Waals surface area (Å²) >= 11 is 0. The molecule has 1 N–H and O–H groups in total. The second-order valence-corrected chi connectivity index (χ2v) is 6.16. The van der Waals surface area contributed by atoms with Gasteiger partial charge in [0.1, 0.15) is 5.82 Å². The number of nitrogens with one attached hydrogen (secondary N) is 1. The van der Waals surface area contributed by atoms with Crippen molar-refractivity contribution in [2.24, 2.45) is 17.8 Å². The van der Waals surface area contributed by atoms with Gasteiger partial charge in [-0.1, -0.05) is 24.1 Å². The van der Waals surface area contributed by atoms with Gasteiger partial charge in [0.2, 0.25) is 0 Å². The van der Waals surface area contributed by atoms with Crippen LogP contribution in [0.2, 0.25) is 0 Å². The van der Waals surface area contributed by atoms with Crippen molar-refractivity contribution in [1.29, 1.82) is 0 Å². The van der Waals surface area contributed by atoms with Gasteiger partial charge in [0, 0.05) is 12.1 Å². The van der Waals surface area contributed by atoms with E-state index in [-0.39, 0.29) is 5.82 Å². The maximum absolute atomic E-state index is 13.6. The Labute approximate surface area is 109 Å². The molecule has 2 aliphatic rings. The van der Waals surface area contributed by atoms with Gasteiger partial charge in [-0.15, -0.1) is 0 Å². The fourth-order valence-corrected chi connectivity index (χ4v) is 3.86. The molecule has 3 rings (SSSR count). The average Bonchev–Trinajstić information content (AvgIpc) is 2.96. The van der Waals surface area contributed by atoms with Crippen molar-refractivity contribution < 1.29 is 4.39 Å². The van der Waals surface area contributed by atoms with Gasteiger partial charge in [-0.3, -0.25) is 0 Å². The van der Waals surface area contributed by atoms with E-state index in [0.717, 1.165) is 35.4 Å². The van der Waals surface area contributed by atoms with Gasteiger partial charge >= 0.3 is 0 Å². The fourth-order valence-electron chi connectivity index (χ4n) is 3.86. The number of rotatable bonds is 4. The number of halogens is 1. The highest BCUT2D eigenvalue weighted by atomic mass is 19.1. The fraction of sp³-hybridized carbons (Fsp3) is 0.625. The van der Waals surface area contributed by atoms with Crippen LogP contribution in [0, 0.1) is 30.5 Å². The molecular formula is C16H22FN. The van der Waals surface area contributed by atoms with Gasteiger partial charge in [0.25, 0.3) is 0 Å². The molecule has 3 unspecified atom stereocenters. The van der Waals surface area contributed by atoms with E-state index in [0.29, 0.717) is 6.54 Å². The van der Waals surface area contributed by atoms with E-state index in [1.807, 2.05) is 19.1 Å². The molecular weight excluding hydrogens is 225 g/mol. The number of benzene rings is 1. The number of hydrogen-bond acceptors (Lipinski definition) is 1. The average molecular weight is 247 g/mol. The van der Waals surface area contributed by atoms with Crippen molar-refractivity contribution in [2.75, 3.05) is 6.54 Å². The first-order valence-corrected chi connectivity index (χ1v) is 7.18. The lowest BCUT2D eigenvalue weighted by Gasteiger charge is -2.22. The van der Waals surface area contributed by atoms with Gasteiger partial charge in [-0.25, -0.2) is 4.39 Å². The first-order valence-electron chi connectivity index (χ1n) is 7.18. The van der Waals surface area contributed by atoms with Gasteiger partial charge in [0.05, 0.1) is 0 Å². The van der Waals surface area contributed by atoms with Crippen LogP contribution >= 0.6 is 0 Å². The molecule has 0 heterocycles. The summed E-state index contributed by atoms with van der Waals surface area (Å²) in [6.45, 7) is 3.74. The molecule has 2 aliphatic carbocycles. The monoisotopic (exact) mass is 247 g/mol. The minimum Gasteiger partial charge on any atom is -0.312 e. The molecule has 98 valence electrons. The van der Waals surface area contributed by atoms with E-state index < -0.39 is 0 Å². The molecule has 2 fully saturated rings. The molecule has 0 aliphatic heterocycles. The lowest BCUT2D eigenvalue weighted by Crippen LogP contribution is -2.26. The van der Waals surface area contributed by atoms with Crippen LogP contribution in [-0.2, 0) is 6.54 Å². The Hall–Kier alpha value is -0.890. The van der Waals surface area contributed by atoms with E-state index in [1.54, 1.807) is 6.07 Å². The first-order chi connectivity index (χ1) is 8.72. The highest BCUT2D eigenvalue weighted by molar-refractivity contribution is 5.23. The van der Waals surface area contributed by atoms with Crippen molar-refractivity contribution in [1.82, 2.24) is 5.32 Å². The standard InChI is InChI=1S/C16H22FN/c1-11-2-5-16(17)15(6-11)10-18-9-14-8-12-3-4-13(14)7-12/h2,5-6,12-14,18H,3-4,7-10H2,1H3. The van der Waals surface area contributed by atoms with E-state index in [2.05, 4.69) is 5.32 Å². The summed E-state index contributed by atoms with van der Waals surface area (Å²) in [5.74, 6) is 2.71. The van der Waals surface area contributed by atoms with Crippen molar-refractivity contribution in [3.63, 3.8) is 0 Å². The lowest BCUT2D eigenvalue weighted by molar-refractivity contribution is 0.318. The topological polar surface area (TPSA) is 12.0 Å². The van der Waals surface area contributed by atoms with E-state index >= 15 is 0 Å². The molecule has 0 saturated heterocycles. The second kappa shape index (κ2) is 5.00. The van der Waals surface area contributed by atoms with Gasteiger partial charge in [0.15, 0.2) is 0 Å². The van der Waals surface area contributed by atoms with Crippen molar-refractivity contribution in [3.8, 4) is 0 Å². The third kappa shape index (κ3) is 2.44. The molecule has 2 bridgehead atoms. The van der Waals surface area contributed by atoms with Crippen LogP contribution in [0.4, 0.5) is 4.39 Å². The summed E-state index contributed by atoms with van der Waals surface area (Å²) < 4.78 is 13.6. The van der Waals surface area contributed by atoms with Crippen LogP contribution in [-0.4, -0.2) is 6.54 Å². The number of fused-ring (bicyclic) bond motifs is 2. The zero-order valence-corrected chi connectivity index (χ0v) is 11.1. The quantitative estimate of drug-likeness (QED) is 0.856. The van der Waals surface area contributed by atoms with Crippen molar-refractivity contribution in [2.45, 2.75) is 39.2 Å². The summed E-state index contributed by atoms with van der Waals surface area (Å²) in [6.07, 6.45) is 5.72. The van der Waals surface area contributed by atoms with E-state index in [1.165, 1.54) is 25.7 Å². The Morgan fingerprint density at radius 3 is 2.89 bits per heavy atom. The summed E-state index contributed by atoms with van der Waals surface area (Å²) in [4.78, 5) is 0. The SMILES string of the molecule is Cc1ccc(F)c(CNCC2CC3CCC2C3)c1. The zero-order valence-electron chi connectivity index (χ0n) is 11.1. The van der Waals surface area contributed by atoms with E-state index in [4.69, 9.17) is 0 Å². The molecule has 0 aromatic heterocycles. The van der Waals surface area contributed by atoms with Crippen molar-refractivity contribution >= 4 is 0 Å². The van der Waals surface area contributed by atoms with Crippen LogP contribution in [0.25, 0.3) is 0 Å². The molecule has 0 radical (unpaired) electrons. The van der Waals surface area contributed by atoms with Crippen molar-refractivity contribution in [3.05, 3.63) is 35.1 Å². The molecule has 2 saturated carbocycles. The maximum atomic E-state index is 13.6. The van der Waals surface area contributed by atoms with Crippen LogP contribution < -0.4 is 5.32 Å². The predicted molar refractivity (Wildman–Crippen MR) is 71.8 cm³/mol. The first kappa shape index (κ1) is 12.2. The molecule has 0 spiro atoms. The molecule has 2 heteroatoms. The number of hydrogen-bond donors (Lipinski definition) is 1. The maximum Gasteiger partial charge on any atom is 0.127 e. The van der Waals surface area contributed by atoms with Gasteiger partial charge in [-0.2, -0.15) is 0 Å². The Kier molecular flexibility index (Phi) is 3.38. The molecule has 1 aromatic rings. The molecule has 3 atom stereocenters. The molecule has 0 amide bonds. The minimum absolute atomic E-state index is 0.0824. The van der Waals surface area contributed by atoms with Crippen LogP contribution in [0.15, 0.2) is 18.2 Å². The lowest BCUT2D eigenvalue weighted by atomic mass is 9.89. The molecule has 1 aromatic carbocycles. The van der Waals surface area contributed by atoms with Gasteiger partial charge < -0.3 is 5.32 Å². The van der Waals surface area contributed by atoms with Crippen LogP contribution in [0.1, 0.15) is 36.8 Å². The summed E-state index contributed by atoms with van der Waals surface area (Å²) in [7, 11) is 0. The Balaban J connectivity index is 1.51. The Morgan fingerprint density at radius 1 is 1.28 bits per heavy atom. The Morgan fingerprint density at radius 2 is 2.17 bits per heavy atom. The largest absolute Gasteiger partial charge is 0.312 e. The third-order valence-electron chi connectivity index (χ3n) is 4.81. The van der Waals surface area contributed by atoms with Crippen LogP contribution in [0.5, 0.6) is 0 Å². The smallest absolute Gasteiger partial charge is 0.127 e. The third-order valence-corrected chi connectivity index (χ3v) is 4.81. The highest BCUT2D eigenvalue weighted by Gasteiger charge is 2.38. The highest BCUT2D eigenvalue weighted by Crippen LogP contribution is 2.47. The molecule has 18 heavy (non-hydrogen) atoms. The van der Waals surface area contributed by atoms with Gasteiger partial charge in [-0.05, 0) is 56.6 Å². The summed E-state index contributed by atoms with van der Waals surface area (Å²) in [5.41, 5.74) is 1.94. The predicted octanol–water partition coefficient (Wildman–Crippen LogP) is 3.66. The Bertz CT molecular complexity index is 429. The second-order valence-electron chi connectivity index (χ2n) is 6.16.